The first-order valence-corrected chi connectivity index (χ1v) is 9.55. The third kappa shape index (κ3) is 56.2. The van der Waals surface area contributed by atoms with E-state index >= 15 is 0 Å². The molecule has 0 aromatic carbocycles. The highest BCUT2D eigenvalue weighted by Crippen LogP contribution is 1.97. The number of hydrogen-bond donors (Lipinski definition) is 4. The Labute approximate surface area is 178 Å². The van der Waals surface area contributed by atoms with Crippen LogP contribution in [0.25, 0.3) is 0 Å². The Bertz CT molecular complexity index is 353. The molecule has 0 unspecified atom stereocenters. The molecule has 182 valence electrons. The zero-order valence-corrected chi connectivity index (χ0v) is 18.6. The van der Waals surface area contributed by atoms with Gasteiger partial charge in [-0.3, -0.25) is 0 Å². The van der Waals surface area contributed by atoms with E-state index in [9.17, 15) is 39.6 Å². The molecule has 0 heterocycles. The molecule has 0 amide bonds. The number of unbranched alkanes of at least 4 members (excludes halogenated alkanes) is 5. The summed E-state index contributed by atoms with van der Waals surface area (Å²) >= 11 is 0. The zero-order chi connectivity index (χ0) is 22.2. The highest BCUT2D eigenvalue weighted by atomic mass is 16.4. The molecule has 0 aliphatic rings. The first kappa shape index (κ1) is 38.3. The van der Waals surface area contributed by atoms with Crippen LogP contribution in [0.2, 0.25) is 0 Å². The fourth-order valence-corrected chi connectivity index (χ4v) is 1.78. The minimum Gasteiger partial charge on any atom is -0.550 e. The van der Waals surface area contributed by atoms with E-state index in [1.807, 2.05) is 0 Å². The van der Waals surface area contributed by atoms with E-state index in [1.165, 1.54) is 25.7 Å². The lowest BCUT2D eigenvalue weighted by atomic mass is 10.2. The Morgan fingerprint density at radius 1 is 0.433 bits per heavy atom. The summed E-state index contributed by atoms with van der Waals surface area (Å²) in [4.78, 5) is 39.1. The predicted octanol–water partition coefficient (Wildman–Crippen LogP) is -4.12. The summed E-state index contributed by atoms with van der Waals surface area (Å²) in [5.41, 5.74) is 7.54. The Balaban J connectivity index is -0.000000102. The van der Waals surface area contributed by atoms with E-state index in [-0.39, 0.29) is 38.0 Å². The van der Waals surface area contributed by atoms with E-state index in [2.05, 4.69) is 11.5 Å². The average Bonchev–Trinajstić information content (AvgIpc) is 2.60. The summed E-state index contributed by atoms with van der Waals surface area (Å²) in [5.74, 6) is -4.56. The van der Waals surface area contributed by atoms with Crippen molar-refractivity contribution in [2.24, 2.45) is 0 Å². The minimum absolute atomic E-state index is 0. The van der Waals surface area contributed by atoms with E-state index < -0.39 is 23.9 Å². The third-order valence-electron chi connectivity index (χ3n) is 3.27. The molecule has 0 bridgehead atoms. The van der Waals surface area contributed by atoms with Crippen LogP contribution in [0.1, 0.15) is 77.0 Å². The van der Waals surface area contributed by atoms with Gasteiger partial charge < -0.3 is 63.4 Å². The van der Waals surface area contributed by atoms with Crippen LogP contribution in [0, 0.1) is 0 Å². The molecular weight excluding hydrogens is 400 g/mol. The number of carbonyl (C=O) groups is 4. The molecule has 0 saturated carbocycles. The van der Waals surface area contributed by atoms with Gasteiger partial charge in [-0.25, -0.2) is 0 Å². The number of aliphatic carboxylic acids is 4. The summed E-state index contributed by atoms with van der Waals surface area (Å²) < 4.78 is 0. The van der Waals surface area contributed by atoms with Crippen molar-refractivity contribution in [3.8, 4) is 0 Å². The molecule has 0 atom stereocenters. The van der Waals surface area contributed by atoms with Crippen molar-refractivity contribution in [3.63, 3.8) is 0 Å². The summed E-state index contributed by atoms with van der Waals surface area (Å²) in [7, 11) is 0. The Morgan fingerprint density at radius 3 is 0.767 bits per heavy atom. The smallest absolute Gasteiger partial charge is 0.0739 e. The molecular formula is C18H42N4O8. The maximum Gasteiger partial charge on any atom is 0.0739 e. The highest BCUT2D eigenvalue weighted by Gasteiger charge is 1.90. The maximum atomic E-state index is 9.77. The van der Waals surface area contributed by atoms with Crippen LogP contribution in [0.3, 0.4) is 0 Å². The van der Waals surface area contributed by atoms with Crippen LogP contribution in [0.4, 0.5) is 0 Å². The number of carboxylic acids is 4. The number of carbonyl (C=O) groups excluding carboxylic acids is 4. The first-order valence-electron chi connectivity index (χ1n) is 9.55. The fraction of sp³-hybridized carbons (Fsp3) is 0.778. The van der Waals surface area contributed by atoms with Crippen LogP contribution in [-0.2, 0) is 19.2 Å². The number of quaternary nitrogens is 4. The second kappa shape index (κ2) is 31.4. The second-order valence-electron chi connectivity index (χ2n) is 6.02. The summed E-state index contributed by atoms with van der Waals surface area (Å²) in [6.07, 6.45) is 6.35. The fourth-order valence-electron chi connectivity index (χ4n) is 1.78. The Hall–Kier alpha value is -2.28. The molecule has 12 heteroatoms. The molecule has 0 aromatic rings. The minimum atomic E-state index is -1.14. The maximum absolute atomic E-state index is 9.77. The second-order valence-corrected chi connectivity index (χ2v) is 6.02. The van der Waals surface area contributed by atoms with Crippen molar-refractivity contribution in [2.45, 2.75) is 77.0 Å². The predicted molar refractivity (Wildman–Crippen MR) is 103 cm³/mol. The first-order chi connectivity index (χ1) is 13.2. The van der Waals surface area contributed by atoms with Crippen LogP contribution < -0.4 is 44.2 Å². The van der Waals surface area contributed by atoms with E-state index in [4.69, 9.17) is 0 Å². The van der Waals surface area contributed by atoms with Crippen LogP contribution in [0.5, 0.6) is 0 Å². The molecule has 0 aliphatic carbocycles. The van der Waals surface area contributed by atoms with Gasteiger partial charge in [-0.05, 0) is 77.0 Å². The van der Waals surface area contributed by atoms with E-state index in [0.29, 0.717) is 25.7 Å². The molecule has 0 aliphatic heterocycles. The Morgan fingerprint density at radius 2 is 0.633 bits per heavy atom. The molecule has 0 rings (SSSR count). The third-order valence-corrected chi connectivity index (χ3v) is 3.27. The number of hydrogen-bond acceptors (Lipinski definition) is 8. The van der Waals surface area contributed by atoms with Gasteiger partial charge in [-0.1, -0.05) is 0 Å². The monoisotopic (exact) mass is 442 g/mol. The lowest BCUT2D eigenvalue weighted by molar-refractivity contribution is -0.371. The molecule has 0 spiro atoms. The Kier molecular flexibility index (Phi) is 40.1. The summed E-state index contributed by atoms with van der Waals surface area (Å²) in [6, 6.07) is 0. The number of rotatable bonds is 15. The largest absolute Gasteiger partial charge is 0.550 e. The molecule has 0 saturated heterocycles. The van der Waals surface area contributed by atoms with Gasteiger partial charge >= 0.3 is 0 Å². The average molecular weight is 443 g/mol. The van der Waals surface area contributed by atoms with Crippen molar-refractivity contribution in [3.05, 3.63) is 0 Å². The van der Waals surface area contributed by atoms with Crippen molar-refractivity contribution >= 4 is 23.9 Å². The van der Waals surface area contributed by atoms with Gasteiger partial charge in [0.25, 0.3) is 0 Å². The number of carboxylic acid groups (broad SMARTS) is 4. The van der Waals surface area contributed by atoms with Crippen LogP contribution in [0.15, 0.2) is 0 Å². The lowest BCUT2D eigenvalue weighted by Crippen LogP contribution is -2.50. The van der Waals surface area contributed by atoms with Crippen molar-refractivity contribution in [1.82, 2.24) is 12.3 Å². The quantitative estimate of drug-likeness (QED) is 0.180. The standard InChI is InChI=1S/C6H16N2.2C6H10O4.2H3N/c7-5-3-1-2-4-6-8;2*7-5(8)3-1-2-4-6(9)10;;/h1-8H2;2*1-4H2,(H,7,8)(H,9,10);2*1H3. The van der Waals surface area contributed by atoms with Gasteiger partial charge in [0.05, 0.1) is 13.1 Å². The van der Waals surface area contributed by atoms with E-state index in [1.54, 1.807) is 0 Å². The normalized spacial score (nSPS) is 8.73. The van der Waals surface area contributed by atoms with Gasteiger partial charge in [0.2, 0.25) is 0 Å². The molecule has 0 radical (unpaired) electrons. The van der Waals surface area contributed by atoms with Crippen molar-refractivity contribution in [1.29, 1.82) is 0 Å². The van der Waals surface area contributed by atoms with Gasteiger partial charge in [0, 0.05) is 23.9 Å². The summed E-state index contributed by atoms with van der Waals surface area (Å²) in [5, 5.41) is 39.1. The van der Waals surface area contributed by atoms with Crippen LogP contribution >= 0.6 is 0 Å². The van der Waals surface area contributed by atoms with E-state index in [0.717, 1.165) is 13.1 Å². The van der Waals surface area contributed by atoms with Gasteiger partial charge in [-0.15, -0.1) is 0 Å². The molecule has 0 fully saturated rings. The van der Waals surface area contributed by atoms with Gasteiger partial charge in [-0.2, -0.15) is 0 Å². The molecule has 30 heavy (non-hydrogen) atoms. The topological polar surface area (TPSA) is 289 Å². The molecule has 14 N–H and O–H groups in total. The van der Waals surface area contributed by atoms with Crippen molar-refractivity contribution < 1.29 is 51.1 Å². The highest BCUT2D eigenvalue weighted by molar-refractivity contribution is 5.66. The zero-order valence-electron chi connectivity index (χ0n) is 18.6. The molecule has 12 nitrogen and oxygen atoms in total. The van der Waals surface area contributed by atoms with Gasteiger partial charge in [0.15, 0.2) is 0 Å². The van der Waals surface area contributed by atoms with Crippen LogP contribution in [-0.4, -0.2) is 37.0 Å². The molecule has 0 aromatic heterocycles. The van der Waals surface area contributed by atoms with Gasteiger partial charge in [0.1, 0.15) is 0 Å². The SMILES string of the molecule is O=C([O-])CCCCC(=O)[O-].O=C([O-])CCCCC(=O)[O-].[NH3+]CCCCCC[NH3+].[NH4+].[NH4+]. The lowest BCUT2D eigenvalue weighted by Gasteiger charge is -2.01. The van der Waals surface area contributed by atoms with Crippen molar-refractivity contribution in [2.75, 3.05) is 13.1 Å². The summed E-state index contributed by atoms with van der Waals surface area (Å²) in [6.45, 7) is 2.19.